The number of benzene rings is 1. The lowest BCUT2D eigenvalue weighted by Gasteiger charge is -2.44. The second-order valence-electron chi connectivity index (χ2n) is 9.36. The van der Waals surface area contributed by atoms with Crippen molar-refractivity contribution in [3.05, 3.63) is 29.4 Å². The molecule has 1 aliphatic carbocycles. The molecule has 10 heteroatoms. The Bertz CT molecular complexity index is 1070. The number of anilines is 2. The average Bonchev–Trinajstić information content (AvgIpc) is 3.54. The number of halogens is 4. The van der Waals surface area contributed by atoms with Gasteiger partial charge in [0, 0.05) is 49.6 Å². The highest BCUT2D eigenvalue weighted by molar-refractivity contribution is 6.34. The number of carbonyl (C=O) groups is 1. The molecule has 1 N–H and O–H groups in total. The van der Waals surface area contributed by atoms with Crippen molar-refractivity contribution in [3.63, 3.8) is 0 Å². The van der Waals surface area contributed by atoms with Crippen LogP contribution in [0, 0.1) is 11.8 Å². The number of hydrogen-bond acceptors (Lipinski definition) is 5. The van der Waals surface area contributed by atoms with E-state index in [0.29, 0.717) is 43.6 Å². The fraction of sp³-hybridized carbons (Fsp3) is 0.565. The van der Waals surface area contributed by atoms with E-state index in [1.807, 2.05) is 19.1 Å². The number of amides is 1. The zero-order valence-corrected chi connectivity index (χ0v) is 19.0. The SMILES string of the molecule is C[C@@]1(N2CCN(c3cc4cc(NC(=O)C5CC5C(F)F)ncc4cc3Cl)CC2)COC[C@@H]1F. The van der Waals surface area contributed by atoms with Crippen molar-refractivity contribution in [2.24, 2.45) is 11.8 Å². The molecule has 5 rings (SSSR count). The summed E-state index contributed by atoms with van der Waals surface area (Å²) in [5, 5.41) is 4.89. The molecule has 3 heterocycles. The van der Waals surface area contributed by atoms with Crippen LogP contribution in [-0.4, -0.2) is 73.3 Å². The van der Waals surface area contributed by atoms with Crippen LogP contribution in [0.2, 0.25) is 5.02 Å². The van der Waals surface area contributed by atoms with Gasteiger partial charge in [0.25, 0.3) is 0 Å². The predicted octanol–water partition coefficient (Wildman–Crippen LogP) is 3.98. The maximum absolute atomic E-state index is 14.4. The number of hydrogen-bond donors (Lipinski definition) is 1. The fourth-order valence-electron chi connectivity index (χ4n) is 4.86. The molecule has 2 saturated heterocycles. The minimum Gasteiger partial charge on any atom is -0.376 e. The standard InChI is InChI=1S/C23H26ClF3N4O2/c1-23(12-33-11-19(23)25)31-4-2-30(3-5-31)18-7-13-8-20(28-10-14(13)6-17(18)24)29-22(32)16-9-15(16)21(26)27/h6-8,10,15-16,19,21H,2-5,9,11-12H2,1H3,(H,28,29,32)/t15?,16?,19-,23+/m0/s1. The highest BCUT2D eigenvalue weighted by Gasteiger charge is 2.49. The van der Waals surface area contributed by atoms with Crippen LogP contribution in [0.15, 0.2) is 24.4 Å². The molecule has 1 amide bonds. The number of carbonyl (C=O) groups excluding carboxylic acids is 1. The predicted molar refractivity (Wildman–Crippen MR) is 121 cm³/mol. The Kier molecular flexibility index (Phi) is 5.91. The molecular formula is C23H26ClF3N4O2. The van der Waals surface area contributed by atoms with E-state index in [9.17, 15) is 18.0 Å². The minimum atomic E-state index is -2.48. The van der Waals surface area contributed by atoms with Crippen molar-refractivity contribution >= 4 is 39.8 Å². The van der Waals surface area contributed by atoms with Crippen LogP contribution in [0.25, 0.3) is 10.8 Å². The first kappa shape index (κ1) is 22.7. The zero-order valence-electron chi connectivity index (χ0n) is 18.2. The summed E-state index contributed by atoms with van der Waals surface area (Å²) in [5.41, 5.74) is 0.264. The van der Waals surface area contributed by atoms with Gasteiger partial charge < -0.3 is 15.0 Å². The van der Waals surface area contributed by atoms with Crippen LogP contribution in [-0.2, 0) is 9.53 Å². The number of piperazine rings is 1. The van der Waals surface area contributed by atoms with E-state index in [1.54, 1.807) is 12.3 Å². The van der Waals surface area contributed by atoms with Crippen LogP contribution in [0.4, 0.5) is 24.7 Å². The number of pyridine rings is 1. The van der Waals surface area contributed by atoms with E-state index >= 15 is 0 Å². The number of fused-ring (bicyclic) bond motifs is 1. The average molecular weight is 483 g/mol. The third kappa shape index (κ3) is 4.26. The molecule has 178 valence electrons. The largest absolute Gasteiger partial charge is 0.376 e. The van der Waals surface area contributed by atoms with Crippen molar-refractivity contribution in [1.29, 1.82) is 0 Å². The van der Waals surface area contributed by atoms with Gasteiger partial charge in [-0.05, 0) is 36.9 Å². The molecular weight excluding hydrogens is 457 g/mol. The molecule has 0 spiro atoms. The van der Waals surface area contributed by atoms with Gasteiger partial charge in [-0.1, -0.05) is 11.6 Å². The van der Waals surface area contributed by atoms with Crippen molar-refractivity contribution in [2.75, 3.05) is 49.6 Å². The maximum atomic E-state index is 14.4. The summed E-state index contributed by atoms with van der Waals surface area (Å²) in [6.07, 6.45) is -1.66. The monoisotopic (exact) mass is 482 g/mol. The van der Waals surface area contributed by atoms with E-state index in [4.69, 9.17) is 16.3 Å². The molecule has 2 aliphatic heterocycles. The van der Waals surface area contributed by atoms with Gasteiger partial charge in [-0.25, -0.2) is 18.2 Å². The van der Waals surface area contributed by atoms with Crippen molar-refractivity contribution < 1.29 is 22.7 Å². The van der Waals surface area contributed by atoms with Gasteiger partial charge in [0.05, 0.1) is 29.5 Å². The van der Waals surface area contributed by atoms with E-state index in [0.717, 1.165) is 16.5 Å². The molecule has 6 nitrogen and oxygen atoms in total. The second-order valence-corrected chi connectivity index (χ2v) is 9.77. The van der Waals surface area contributed by atoms with Crippen LogP contribution >= 0.6 is 11.6 Å². The highest BCUT2D eigenvalue weighted by atomic mass is 35.5. The first-order valence-corrected chi connectivity index (χ1v) is 11.5. The van der Waals surface area contributed by atoms with E-state index in [-0.39, 0.29) is 13.0 Å². The molecule has 2 aromatic rings. The van der Waals surface area contributed by atoms with Gasteiger partial charge in [-0.15, -0.1) is 0 Å². The molecule has 4 atom stereocenters. The normalized spacial score (nSPS) is 30.2. The lowest BCUT2D eigenvalue weighted by molar-refractivity contribution is -0.118. The lowest BCUT2D eigenvalue weighted by atomic mass is 9.96. The summed E-state index contributed by atoms with van der Waals surface area (Å²) >= 11 is 6.57. The number of nitrogens with zero attached hydrogens (tertiary/aromatic N) is 3. The Morgan fingerprint density at radius 3 is 2.64 bits per heavy atom. The van der Waals surface area contributed by atoms with Crippen molar-refractivity contribution in [2.45, 2.75) is 31.5 Å². The van der Waals surface area contributed by atoms with Crippen LogP contribution in [0.1, 0.15) is 13.3 Å². The molecule has 3 aliphatic rings. The molecule has 1 aromatic heterocycles. The quantitative estimate of drug-likeness (QED) is 0.698. The van der Waals surface area contributed by atoms with E-state index in [1.165, 1.54) is 0 Å². The van der Waals surface area contributed by atoms with Crippen molar-refractivity contribution in [1.82, 2.24) is 9.88 Å². The highest BCUT2D eigenvalue weighted by Crippen LogP contribution is 2.44. The summed E-state index contributed by atoms with van der Waals surface area (Å²) in [6, 6.07) is 5.50. The summed E-state index contributed by atoms with van der Waals surface area (Å²) < 4.78 is 45.2. The first-order valence-electron chi connectivity index (χ1n) is 11.2. The smallest absolute Gasteiger partial charge is 0.242 e. The van der Waals surface area contributed by atoms with E-state index in [2.05, 4.69) is 20.1 Å². The summed E-state index contributed by atoms with van der Waals surface area (Å²) in [4.78, 5) is 20.8. The molecule has 1 saturated carbocycles. The van der Waals surface area contributed by atoms with Crippen LogP contribution in [0.5, 0.6) is 0 Å². The minimum absolute atomic E-state index is 0.143. The summed E-state index contributed by atoms with van der Waals surface area (Å²) in [6.45, 7) is 5.22. The van der Waals surface area contributed by atoms with Crippen LogP contribution in [0.3, 0.4) is 0 Å². The molecule has 0 radical (unpaired) electrons. The Labute approximate surface area is 195 Å². The van der Waals surface area contributed by atoms with Gasteiger partial charge >= 0.3 is 0 Å². The number of ether oxygens (including phenoxy) is 1. The van der Waals surface area contributed by atoms with Gasteiger partial charge in [0.2, 0.25) is 12.3 Å². The van der Waals surface area contributed by atoms with Gasteiger partial charge in [0.1, 0.15) is 12.0 Å². The van der Waals surface area contributed by atoms with Gasteiger partial charge in [0.15, 0.2) is 0 Å². The van der Waals surface area contributed by atoms with Crippen molar-refractivity contribution in [3.8, 4) is 0 Å². The molecule has 0 bridgehead atoms. The lowest BCUT2D eigenvalue weighted by Crippen LogP contribution is -2.59. The molecule has 2 unspecified atom stereocenters. The second kappa shape index (κ2) is 8.60. The van der Waals surface area contributed by atoms with E-state index < -0.39 is 35.9 Å². The third-order valence-electron chi connectivity index (χ3n) is 7.21. The first-order chi connectivity index (χ1) is 15.8. The van der Waals surface area contributed by atoms with Crippen LogP contribution < -0.4 is 10.2 Å². The van der Waals surface area contributed by atoms with Gasteiger partial charge in [-0.3, -0.25) is 9.69 Å². The summed E-state index contributed by atoms with van der Waals surface area (Å²) in [7, 11) is 0. The Morgan fingerprint density at radius 1 is 1.24 bits per heavy atom. The third-order valence-corrected chi connectivity index (χ3v) is 7.52. The zero-order chi connectivity index (χ0) is 23.3. The number of nitrogens with one attached hydrogen (secondary N) is 1. The number of aromatic nitrogens is 1. The molecule has 3 fully saturated rings. The molecule has 1 aromatic carbocycles. The Morgan fingerprint density at radius 2 is 2.00 bits per heavy atom. The Balaban J connectivity index is 1.30. The number of rotatable bonds is 5. The van der Waals surface area contributed by atoms with Gasteiger partial charge in [-0.2, -0.15) is 0 Å². The maximum Gasteiger partial charge on any atom is 0.242 e. The Hall–Kier alpha value is -2.10. The fourth-order valence-corrected chi connectivity index (χ4v) is 5.16. The summed E-state index contributed by atoms with van der Waals surface area (Å²) in [5.74, 6) is -1.61. The molecule has 33 heavy (non-hydrogen) atoms. The number of alkyl halides is 3. The topological polar surface area (TPSA) is 57.7 Å².